The van der Waals surface area contributed by atoms with Gasteiger partial charge in [0.2, 0.25) is 11.7 Å². The number of pyridine rings is 1. The van der Waals surface area contributed by atoms with Crippen LogP contribution in [-0.4, -0.2) is 62.1 Å². The monoisotopic (exact) mass is 371 g/mol. The maximum absolute atomic E-state index is 12.5. The van der Waals surface area contributed by atoms with Crippen molar-refractivity contribution in [3.05, 3.63) is 47.4 Å². The second-order valence-electron chi connectivity index (χ2n) is 5.93. The first-order chi connectivity index (χ1) is 12.7. The lowest BCUT2D eigenvalue weighted by Crippen LogP contribution is -2.48. The number of hydrogen-bond donors (Lipinski definition) is 1. The van der Waals surface area contributed by atoms with Gasteiger partial charge >= 0.3 is 0 Å². The van der Waals surface area contributed by atoms with Gasteiger partial charge in [-0.15, -0.1) is 11.3 Å². The SMILES string of the molecule is O=C(c1ncccc1O)N1CCN(Cc2nc(-c3cccs3)no2)CC1. The van der Waals surface area contributed by atoms with Gasteiger partial charge in [0.1, 0.15) is 5.75 Å². The Labute approximate surface area is 153 Å². The van der Waals surface area contributed by atoms with Crippen LogP contribution in [0, 0.1) is 0 Å². The summed E-state index contributed by atoms with van der Waals surface area (Å²) in [5.74, 6) is 0.831. The zero-order chi connectivity index (χ0) is 17.9. The van der Waals surface area contributed by atoms with Gasteiger partial charge < -0.3 is 14.5 Å². The van der Waals surface area contributed by atoms with Crippen LogP contribution in [0.1, 0.15) is 16.4 Å². The molecule has 0 bridgehead atoms. The van der Waals surface area contributed by atoms with Crippen molar-refractivity contribution in [2.24, 2.45) is 0 Å². The maximum Gasteiger partial charge on any atom is 0.276 e. The number of aromatic hydroxyl groups is 1. The lowest BCUT2D eigenvalue weighted by Gasteiger charge is -2.33. The van der Waals surface area contributed by atoms with Crippen molar-refractivity contribution in [1.29, 1.82) is 0 Å². The summed E-state index contributed by atoms with van der Waals surface area (Å²) in [5.41, 5.74) is 0.0958. The number of aromatic nitrogens is 3. The van der Waals surface area contributed by atoms with E-state index in [-0.39, 0.29) is 17.4 Å². The quantitative estimate of drug-likeness (QED) is 0.748. The highest BCUT2D eigenvalue weighted by Gasteiger charge is 2.25. The Hall–Kier alpha value is -2.78. The normalized spacial score (nSPS) is 15.3. The number of piperazine rings is 1. The summed E-state index contributed by atoms with van der Waals surface area (Å²) < 4.78 is 5.33. The molecule has 26 heavy (non-hydrogen) atoms. The van der Waals surface area contributed by atoms with E-state index in [1.165, 1.54) is 12.3 Å². The molecule has 0 radical (unpaired) electrons. The molecule has 4 rings (SSSR count). The molecule has 134 valence electrons. The highest BCUT2D eigenvalue weighted by Crippen LogP contribution is 2.22. The first-order valence-corrected chi connectivity index (χ1v) is 9.11. The molecular weight excluding hydrogens is 354 g/mol. The summed E-state index contributed by atoms with van der Waals surface area (Å²) in [7, 11) is 0. The summed E-state index contributed by atoms with van der Waals surface area (Å²) in [6.45, 7) is 3.04. The van der Waals surface area contributed by atoms with Crippen LogP contribution in [0.15, 0.2) is 40.4 Å². The van der Waals surface area contributed by atoms with Crippen LogP contribution >= 0.6 is 11.3 Å². The largest absolute Gasteiger partial charge is 0.505 e. The summed E-state index contributed by atoms with van der Waals surface area (Å²) in [6, 6.07) is 6.97. The third-order valence-corrected chi connectivity index (χ3v) is 5.08. The first kappa shape index (κ1) is 16.7. The number of thiophene rings is 1. The van der Waals surface area contributed by atoms with Crippen LogP contribution in [0.3, 0.4) is 0 Å². The smallest absolute Gasteiger partial charge is 0.276 e. The number of carbonyl (C=O) groups is 1. The van der Waals surface area contributed by atoms with Gasteiger partial charge in [0.15, 0.2) is 5.69 Å². The van der Waals surface area contributed by atoms with Gasteiger partial charge in [0.05, 0.1) is 11.4 Å². The molecule has 0 spiro atoms. The van der Waals surface area contributed by atoms with Gasteiger partial charge in [-0.3, -0.25) is 9.69 Å². The van der Waals surface area contributed by atoms with E-state index in [0.717, 1.165) is 4.88 Å². The Bertz CT molecular complexity index is 887. The van der Waals surface area contributed by atoms with Crippen molar-refractivity contribution >= 4 is 17.2 Å². The molecule has 1 amide bonds. The zero-order valence-electron chi connectivity index (χ0n) is 13.9. The van der Waals surface area contributed by atoms with Crippen molar-refractivity contribution in [3.8, 4) is 16.5 Å². The van der Waals surface area contributed by atoms with E-state index < -0.39 is 0 Å². The fraction of sp³-hybridized carbons (Fsp3) is 0.294. The standard InChI is InChI=1S/C17H17N5O3S/c23-12-3-1-5-18-15(12)17(24)22-8-6-21(7-9-22)11-14-19-16(20-25-14)13-4-2-10-26-13/h1-5,10,23H,6-9,11H2. The Morgan fingerprint density at radius 1 is 1.23 bits per heavy atom. The van der Waals surface area contributed by atoms with Crippen molar-refractivity contribution < 1.29 is 14.4 Å². The van der Waals surface area contributed by atoms with Crippen molar-refractivity contribution in [2.45, 2.75) is 6.54 Å². The second kappa shape index (κ2) is 7.22. The minimum absolute atomic E-state index is 0.0908. The van der Waals surface area contributed by atoms with E-state index in [1.807, 2.05) is 17.5 Å². The van der Waals surface area contributed by atoms with Crippen LogP contribution < -0.4 is 0 Å². The highest BCUT2D eigenvalue weighted by molar-refractivity contribution is 7.13. The molecule has 8 nitrogen and oxygen atoms in total. The van der Waals surface area contributed by atoms with E-state index in [4.69, 9.17) is 4.52 Å². The van der Waals surface area contributed by atoms with Gasteiger partial charge in [0.25, 0.3) is 5.91 Å². The molecule has 1 aliphatic heterocycles. The van der Waals surface area contributed by atoms with Gasteiger partial charge in [-0.25, -0.2) is 4.98 Å². The van der Waals surface area contributed by atoms with Crippen LogP contribution in [0.2, 0.25) is 0 Å². The van der Waals surface area contributed by atoms with Crippen LogP contribution in [0.25, 0.3) is 10.7 Å². The summed E-state index contributed by atoms with van der Waals surface area (Å²) >= 11 is 1.57. The van der Waals surface area contributed by atoms with Crippen LogP contribution in [0.4, 0.5) is 0 Å². The molecule has 9 heteroatoms. The van der Waals surface area contributed by atoms with Crippen molar-refractivity contribution in [2.75, 3.05) is 26.2 Å². The Balaban J connectivity index is 1.34. The molecule has 1 saturated heterocycles. The van der Waals surface area contributed by atoms with Gasteiger partial charge in [-0.2, -0.15) is 4.98 Å². The second-order valence-corrected chi connectivity index (χ2v) is 6.88. The van der Waals surface area contributed by atoms with E-state index in [1.54, 1.807) is 22.3 Å². The maximum atomic E-state index is 12.5. The fourth-order valence-electron chi connectivity index (χ4n) is 2.84. The van der Waals surface area contributed by atoms with Crippen molar-refractivity contribution in [1.82, 2.24) is 24.9 Å². The number of amides is 1. The Morgan fingerprint density at radius 2 is 2.08 bits per heavy atom. The van der Waals surface area contributed by atoms with Gasteiger partial charge in [-0.1, -0.05) is 11.2 Å². The van der Waals surface area contributed by atoms with Crippen LogP contribution in [0.5, 0.6) is 5.75 Å². The molecule has 1 fully saturated rings. The Kier molecular flexibility index (Phi) is 4.63. The van der Waals surface area contributed by atoms with E-state index in [2.05, 4.69) is 20.0 Å². The molecule has 3 aromatic rings. The first-order valence-electron chi connectivity index (χ1n) is 8.23. The summed E-state index contributed by atoms with van der Waals surface area (Å²) in [6.07, 6.45) is 1.50. The van der Waals surface area contributed by atoms with E-state index in [9.17, 15) is 9.90 Å². The fourth-order valence-corrected chi connectivity index (χ4v) is 3.49. The molecule has 3 aromatic heterocycles. The van der Waals surface area contributed by atoms with Crippen LogP contribution in [-0.2, 0) is 6.54 Å². The number of hydrogen-bond acceptors (Lipinski definition) is 8. The summed E-state index contributed by atoms with van der Waals surface area (Å²) in [4.78, 5) is 25.7. The molecule has 4 heterocycles. The third-order valence-electron chi connectivity index (χ3n) is 4.22. The highest BCUT2D eigenvalue weighted by atomic mass is 32.1. The minimum Gasteiger partial charge on any atom is -0.505 e. The molecule has 0 aromatic carbocycles. The average Bonchev–Trinajstić information content (AvgIpc) is 3.34. The predicted molar refractivity (Wildman–Crippen MR) is 94.7 cm³/mol. The predicted octanol–water partition coefficient (Wildman–Crippen LogP) is 1.86. The lowest BCUT2D eigenvalue weighted by atomic mass is 10.2. The molecule has 1 aliphatic rings. The minimum atomic E-state index is -0.250. The molecule has 0 saturated carbocycles. The summed E-state index contributed by atoms with van der Waals surface area (Å²) in [5, 5.41) is 15.8. The number of rotatable bonds is 4. The van der Waals surface area contributed by atoms with E-state index in [0.29, 0.717) is 44.4 Å². The van der Waals surface area contributed by atoms with Gasteiger partial charge in [-0.05, 0) is 23.6 Å². The lowest BCUT2D eigenvalue weighted by molar-refractivity contribution is 0.0606. The molecule has 0 unspecified atom stereocenters. The number of nitrogens with zero attached hydrogens (tertiary/aromatic N) is 5. The van der Waals surface area contributed by atoms with Crippen molar-refractivity contribution in [3.63, 3.8) is 0 Å². The molecule has 0 atom stereocenters. The van der Waals surface area contributed by atoms with Gasteiger partial charge in [0, 0.05) is 32.4 Å². The van der Waals surface area contributed by atoms with E-state index >= 15 is 0 Å². The number of carbonyl (C=O) groups excluding carboxylic acids is 1. The molecule has 0 aliphatic carbocycles. The zero-order valence-corrected chi connectivity index (χ0v) is 14.7. The average molecular weight is 371 g/mol. The Morgan fingerprint density at radius 3 is 2.81 bits per heavy atom. The third kappa shape index (κ3) is 3.44. The topological polar surface area (TPSA) is 95.6 Å². The molecule has 1 N–H and O–H groups in total. The molecular formula is C17H17N5O3S.